The van der Waals surface area contributed by atoms with Crippen molar-refractivity contribution in [2.24, 2.45) is 0 Å². The maximum atomic E-state index is 11.9. The zero-order valence-corrected chi connectivity index (χ0v) is 12.3. The summed E-state index contributed by atoms with van der Waals surface area (Å²) in [6, 6.07) is 5.47. The van der Waals surface area contributed by atoms with Crippen molar-refractivity contribution in [3.8, 4) is 0 Å². The normalized spacial score (nSPS) is 12.2. The lowest BCUT2D eigenvalue weighted by atomic mass is 10.2. The lowest BCUT2D eigenvalue weighted by Crippen LogP contribution is -2.29. The Kier molecular flexibility index (Phi) is 6.84. The van der Waals surface area contributed by atoms with E-state index in [9.17, 15) is 4.79 Å². The number of benzene rings is 1. The Balaban J connectivity index is 2.45. The number of ether oxygens (including phenoxy) is 2. The molecule has 0 bridgehead atoms. The van der Waals surface area contributed by atoms with Crippen molar-refractivity contribution in [2.75, 3.05) is 25.1 Å². The maximum Gasteiger partial charge on any atom is 0.253 e. The minimum atomic E-state index is -0.544. The van der Waals surface area contributed by atoms with Gasteiger partial charge in [-0.15, -0.1) is 0 Å². The van der Waals surface area contributed by atoms with Crippen molar-refractivity contribution < 1.29 is 14.3 Å². The number of carbonyl (C=O) groups is 1. The lowest BCUT2D eigenvalue weighted by Gasteiger charge is -2.14. The van der Waals surface area contributed by atoms with Crippen LogP contribution in [0.4, 0.5) is 5.69 Å². The third kappa shape index (κ3) is 5.59. The Bertz CT molecular complexity index is 423. The van der Waals surface area contributed by atoms with Gasteiger partial charge in [0.05, 0.1) is 23.9 Å². The molecule has 106 valence electrons. The number of halogens is 1. The van der Waals surface area contributed by atoms with Crippen LogP contribution in [-0.4, -0.2) is 31.8 Å². The van der Waals surface area contributed by atoms with Crippen LogP contribution in [0.15, 0.2) is 18.2 Å². The van der Waals surface area contributed by atoms with Crippen molar-refractivity contribution in [2.45, 2.75) is 26.9 Å². The van der Waals surface area contributed by atoms with E-state index in [4.69, 9.17) is 21.1 Å². The summed E-state index contributed by atoms with van der Waals surface area (Å²) in [5.74, 6) is -0.220. The van der Waals surface area contributed by atoms with E-state index in [0.717, 1.165) is 5.56 Å². The summed E-state index contributed by atoms with van der Waals surface area (Å²) in [6.45, 7) is 7.07. The number of amides is 1. The first-order valence-electron chi connectivity index (χ1n) is 6.31. The van der Waals surface area contributed by atoms with Crippen LogP contribution in [0, 0.1) is 6.92 Å². The summed E-state index contributed by atoms with van der Waals surface area (Å²) < 4.78 is 10.5. The summed E-state index contributed by atoms with van der Waals surface area (Å²) in [4.78, 5) is 11.9. The molecular formula is C14H20ClNO3. The molecule has 5 heteroatoms. The van der Waals surface area contributed by atoms with Crippen LogP contribution in [0.25, 0.3) is 0 Å². The molecule has 1 rings (SSSR count). The quantitative estimate of drug-likeness (QED) is 0.784. The van der Waals surface area contributed by atoms with Gasteiger partial charge in [-0.3, -0.25) is 4.79 Å². The van der Waals surface area contributed by atoms with Gasteiger partial charge in [0.25, 0.3) is 5.91 Å². The van der Waals surface area contributed by atoms with E-state index in [0.29, 0.717) is 30.5 Å². The van der Waals surface area contributed by atoms with Gasteiger partial charge in [-0.1, -0.05) is 17.7 Å². The van der Waals surface area contributed by atoms with Crippen LogP contribution >= 0.6 is 11.6 Å². The minimum absolute atomic E-state index is 0.220. The fourth-order valence-electron chi connectivity index (χ4n) is 1.46. The molecule has 0 spiro atoms. The van der Waals surface area contributed by atoms with Crippen molar-refractivity contribution in [3.63, 3.8) is 0 Å². The fraction of sp³-hybridized carbons (Fsp3) is 0.500. The van der Waals surface area contributed by atoms with Gasteiger partial charge in [-0.05, 0) is 38.5 Å². The Hall–Kier alpha value is -1.10. The molecule has 19 heavy (non-hydrogen) atoms. The van der Waals surface area contributed by atoms with Crippen LogP contribution in [0.2, 0.25) is 5.02 Å². The molecule has 1 amide bonds. The number of aryl methyl sites for hydroxylation is 1. The van der Waals surface area contributed by atoms with Gasteiger partial charge in [0.1, 0.15) is 6.10 Å². The summed E-state index contributed by atoms with van der Waals surface area (Å²) >= 11 is 6.05. The van der Waals surface area contributed by atoms with Crippen LogP contribution in [0.1, 0.15) is 19.4 Å². The predicted octanol–water partition coefficient (Wildman–Crippen LogP) is 3.03. The molecule has 0 aliphatic carbocycles. The topological polar surface area (TPSA) is 47.6 Å². The molecule has 1 aromatic rings. The molecule has 0 saturated carbocycles. The Morgan fingerprint density at radius 1 is 1.42 bits per heavy atom. The molecular weight excluding hydrogens is 266 g/mol. The van der Waals surface area contributed by atoms with Crippen molar-refractivity contribution in [1.82, 2.24) is 0 Å². The van der Waals surface area contributed by atoms with E-state index in [1.54, 1.807) is 19.1 Å². The highest BCUT2D eigenvalue weighted by molar-refractivity contribution is 6.33. The molecule has 0 aliphatic heterocycles. The number of anilines is 1. The first kappa shape index (κ1) is 16.0. The Labute approximate surface area is 119 Å². The molecule has 0 fully saturated rings. The van der Waals surface area contributed by atoms with Gasteiger partial charge in [-0.2, -0.15) is 0 Å². The van der Waals surface area contributed by atoms with Gasteiger partial charge < -0.3 is 14.8 Å². The summed E-state index contributed by atoms with van der Waals surface area (Å²) in [6.07, 6.45) is -0.544. The lowest BCUT2D eigenvalue weighted by molar-refractivity contribution is -0.127. The molecule has 1 atom stereocenters. The molecule has 0 aromatic heterocycles. The van der Waals surface area contributed by atoms with E-state index in [1.165, 1.54) is 0 Å². The largest absolute Gasteiger partial charge is 0.379 e. The number of hydrogen-bond donors (Lipinski definition) is 1. The Morgan fingerprint density at radius 3 is 2.79 bits per heavy atom. The predicted molar refractivity (Wildman–Crippen MR) is 76.7 cm³/mol. The van der Waals surface area contributed by atoms with Crippen LogP contribution in [-0.2, 0) is 14.3 Å². The molecule has 1 N–H and O–H groups in total. The van der Waals surface area contributed by atoms with E-state index < -0.39 is 6.10 Å². The maximum absolute atomic E-state index is 11.9. The average Bonchev–Trinajstić information content (AvgIpc) is 2.37. The number of hydrogen-bond acceptors (Lipinski definition) is 3. The second-order valence-electron chi connectivity index (χ2n) is 4.18. The summed E-state index contributed by atoms with van der Waals surface area (Å²) in [5, 5.41) is 3.26. The minimum Gasteiger partial charge on any atom is -0.379 e. The second kappa shape index (κ2) is 8.15. The monoisotopic (exact) mass is 285 g/mol. The average molecular weight is 286 g/mol. The van der Waals surface area contributed by atoms with Crippen molar-refractivity contribution in [1.29, 1.82) is 0 Å². The number of carbonyl (C=O) groups excluding carboxylic acids is 1. The van der Waals surface area contributed by atoms with Gasteiger partial charge >= 0.3 is 0 Å². The van der Waals surface area contributed by atoms with E-state index in [2.05, 4.69) is 5.32 Å². The summed E-state index contributed by atoms with van der Waals surface area (Å²) in [5.41, 5.74) is 1.64. The van der Waals surface area contributed by atoms with Gasteiger partial charge in [-0.25, -0.2) is 0 Å². The van der Waals surface area contributed by atoms with Gasteiger partial charge in [0.15, 0.2) is 0 Å². The third-order valence-electron chi connectivity index (χ3n) is 2.55. The van der Waals surface area contributed by atoms with E-state index in [1.807, 2.05) is 19.9 Å². The standard InChI is InChI=1S/C14H20ClNO3/c1-4-18-7-8-19-11(3)14(17)16-13-6-5-10(2)9-12(13)15/h5-6,9,11H,4,7-8H2,1-3H3,(H,16,17). The van der Waals surface area contributed by atoms with E-state index >= 15 is 0 Å². The first-order valence-corrected chi connectivity index (χ1v) is 6.68. The SMILES string of the molecule is CCOCCOC(C)C(=O)Nc1ccc(C)cc1Cl. The number of rotatable bonds is 7. The molecule has 1 unspecified atom stereocenters. The van der Waals surface area contributed by atoms with Crippen LogP contribution in [0.5, 0.6) is 0 Å². The van der Waals surface area contributed by atoms with Crippen LogP contribution < -0.4 is 5.32 Å². The number of nitrogens with one attached hydrogen (secondary N) is 1. The fourth-order valence-corrected chi connectivity index (χ4v) is 1.74. The highest BCUT2D eigenvalue weighted by atomic mass is 35.5. The highest BCUT2D eigenvalue weighted by Gasteiger charge is 2.14. The van der Waals surface area contributed by atoms with E-state index in [-0.39, 0.29) is 5.91 Å². The van der Waals surface area contributed by atoms with Crippen molar-refractivity contribution in [3.05, 3.63) is 28.8 Å². The second-order valence-corrected chi connectivity index (χ2v) is 4.59. The Morgan fingerprint density at radius 2 is 2.16 bits per heavy atom. The third-order valence-corrected chi connectivity index (χ3v) is 2.86. The molecule has 4 nitrogen and oxygen atoms in total. The zero-order chi connectivity index (χ0) is 14.3. The van der Waals surface area contributed by atoms with Crippen LogP contribution in [0.3, 0.4) is 0 Å². The molecule has 0 heterocycles. The summed E-state index contributed by atoms with van der Waals surface area (Å²) in [7, 11) is 0. The molecule has 0 aliphatic rings. The first-order chi connectivity index (χ1) is 9.04. The molecule has 0 radical (unpaired) electrons. The van der Waals surface area contributed by atoms with Crippen molar-refractivity contribution >= 4 is 23.2 Å². The zero-order valence-electron chi connectivity index (χ0n) is 11.5. The molecule has 0 saturated heterocycles. The van der Waals surface area contributed by atoms with Gasteiger partial charge in [0, 0.05) is 6.61 Å². The smallest absolute Gasteiger partial charge is 0.253 e. The highest BCUT2D eigenvalue weighted by Crippen LogP contribution is 2.22. The molecule has 1 aromatic carbocycles. The van der Waals surface area contributed by atoms with Gasteiger partial charge in [0.2, 0.25) is 0 Å².